The van der Waals surface area contributed by atoms with Crippen molar-refractivity contribution >= 4 is 10.9 Å². The van der Waals surface area contributed by atoms with Crippen molar-refractivity contribution in [2.75, 3.05) is 0 Å². The average Bonchev–Trinajstić information content (AvgIpc) is 2.72. The largest absolute Gasteiger partial charge is 0.346 e. The summed E-state index contributed by atoms with van der Waals surface area (Å²) in [5, 5.41) is 4.79. The Hall–Kier alpha value is -1.28. The molecule has 1 aliphatic rings. The molecule has 0 unspecified atom stereocenters. The summed E-state index contributed by atoms with van der Waals surface area (Å²) in [5.74, 6) is 0. The molecule has 0 spiro atoms. The summed E-state index contributed by atoms with van der Waals surface area (Å²) in [5.41, 5.74) is 4.29. The van der Waals surface area contributed by atoms with Gasteiger partial charge in [0.15, 0.2) is 0 Å². The van der Waals surface area contributed by atoms with Gasteiger partial charge in [0.05, 0.1) is 0 Å². The molecule has 66 valence electrons. The third-order valence-corrected chi connectivity index (χ3v) is 2.94. The number of rotatable bonds is 0. The van der Waals surface area contributed by atoms with E-state index >= 15 is 0 Å². The van der Waals surface area contributed by atoms with E-state index in [0.717, 1.165) is 13.1 Å². The van der Waals surface area contributed by atoms with Crippen LogP contribution < -0.4 is 5.32 Å². The van der Waals surface area contributed by atoms with E-state index in [2.05, 4.69) is 41.2 Å². The van der Waals surface area contributed by atoms with Crippen molar-refractivity contribution in [2.24, 2.45) is 7.05 Å². The zero-order valence-electron chi connectivity index (χ0n) is 7.67. The Morgan fingerprint density at radius 3 is 3.00 bits per heavy atom. The lowest BCUT2D eigenvalue weighted by Crippen LogP contribution is -2.04. The Morgan fingerprint density at radius 1 is 1.23 bits per heavy atom. The van der Waals surface area contributed by atoms with Crippen LogP contribution in [-0.4, -0.2) is 4.57 Å². The lowest BCUT2D eigenvalue weighted by Gasteiger charge is -1.99. The van der Waals surface area contributed by atoms with E-state index in [1.165, 1.54) is 22.2 Å². The minimum Gasteiger partial charge on any atom is -0.346 e. The van der Waals surface area contributed by atoms with Crippen molar-refractivity contribution in [1.29, 1.82) is 0 Å². The zero-order valence-corrected chi connectivity index (χ0v) is 7.67. The molecule has 0 bridgehead atoms. The van der Waals surface area contributed by atoms with Gasteiger partial charge in [-0.25, -0.2) is 0 Å². The van der Waals surface area contributed by atoms with Gasteiger partial charge >= 0.3 is 0 Å². The topological polar surface area (TPSA) is 17.0 Å². The van der Waals surface area contributed by atoms with Crippen LogP contribution in [0.2, 0.25) is 0 Å². The highest BCUT2D eigenvalue weighted by atomic mass is 15.0. The van der Waals surface area contributed by atoms with Crippen molar-refractivity contribution in [2.45, 2.75) is 13.1 Å². The first-order chi connectivity index (χ1) is 6.38. The highest BCUT2D eigenvalue weighted by Crippen LogP contribution is 2.27. The molecule has 13 heavy (non-hydrogen) atoms. The van der Waals surface area contributed by atoms with Crippen molar-refractivity contribution in [3.05, 3.63) is 35.5 Å². The molecule has 0 saturated heterocycles. The molecule has 2 nitrogen and oxygen atoms in total. The van der Waals surface area contributed by atoms with Crippen LogP contribution in [0.3, 0.4) is 0 Å². The van der Waals surface area contributed by atoms with Gasteiger partial charge in [0.2, 0.25) is 0 Å². The Kier molecular flexibility index (Phi) is 1.30. The Labute approximate surface area is 77.2 Å². The summed E-state index contributed by atoms with van der Waals surface area (Å²) in [7, 11) is 2.15. The van der Waals surface area contributed by atoms with E-state index < -0.39 is 0 Å². The molecule has 1 aliphatic heterocycles. The molecule has 1 N–H and O–H groups in total. The second-order valence-electron chi connectivity index (χ2n) is 3.60. The fourth-order valence-electron chi connectivity index (χ4n) is 2.25. The summed E-state index contributed by atoms with van der Waals surface area (Å²) in [4.78, 5) is 0. The van der Waals surface area contributed by atoms with Gasteiger partial charge in [-0.15, -0.1) is 0 Å². The van der Waals surface area contributed by atoms with Gasteiger partial charge in [-0.3, -0.25) is 0 Å². The number of nitrogens with zero attached hydrogens (tertiary/aromatic N) is 1. The van der Waals surface area contributed by atoms with Crippen LogP contribution in [0.15, 0.2) is 24.3 Å². The van der Waals surface area contributed by atoms with Crippen molar-refractivity contribution < 1.29 is 0 Å². The van der Waals surface area contributed by atoms with Crippen molar-refractivity contribution in [3.8, 4) is 0 Å². The minimum absolute atomic E-state index is 1.01. The first-order valence-electron chi connectivity index (χ1n) is 4.64. The molecule has 3 rings (SSSR count). The summed E-state index contributed by atoms with van der Waals surface area (Å²) in [6, 6.07) is 8.61. The molecular weight excluding hydrogens is 160 g/mol. The normalized spacial score (nSPS) is 15.2. The second-order valence-corrected chi connectivity index (χ2v) is 3.60. The van der Waals surface area contributed by atoms with Gasteiger partial charge in [-0.2, -0.15) is 0 Å². The summed E-state index contributed by atoms with van der Waals surface area (Å²) >= 11 is 0. The second kappa shape index (κ2) is 2.36. The van der Waals surface area contributed by atoms with E-state index in [1.807, 2.05) is 0 Å². The Morgan fingerprint density at radius 2 is 2.08 bits per heavy atom. The monoisotopic (exact) mass is 172 g/mol. The van der Waals surface area contributed by atoms with Crippen LogP contribution >= 0.6 is 0 Å². The standard InChI is InChI=1S/C11H12N2/c1-13-10-5-3-2-4-8(10)9-6-12-7-11(9)13/h2-5,12H,6-7H2,1H3. The molecule has 2 aromatic rings. The Balaban J connectivity index is 2.49. The molecular formula is C11H12N2. The third-order valence-electron chi connectivity index (χ3n) is 2.94. The molecule has 2 heteroatoms. The first kappa shape index (κ1) is 7.15. The number of para-hydroxylation sites is 1. The maximum absolute atomic E-state index is 3.38. The zero-order chi connectivity index (χ0) is 8.84. The number of aromatic nitrogens is 1. The predicted octanol–water partition coefficient (Wildman–Crippen LogP) is 1.78. The summed E-state index contributed by atoms with van der Waals surface area (Å²) in [6.45, 7) is 2.04. The number of fused-ring (bicyclic) bond motifs is 3. The SMILES string of the molecule is Cn1c2c(c3ccccc31)CNC2. The number of hydrogen-bond donors (Lipinski definition) is 1. The molecule has 0 fully saturated rings. The van der Waals surface area contributed by atoms with Gasteiger partial charge in [0.1, 0.15) is 0 Å². The maximum atomic E-state index is 3.38. The average molecular weight is 172 g/mol. The van der Waals surface area contributed by atoms with Crippen LogP contribution in [0.5, 0.6) is 0 Å². The molecule has 2 heterocycles. The lowest BCUT2D eigenvalue weighted by molar-refractivity contribution is 0.733. The van der Waals surface area contributed by atoms with Gasteiger partial charge in [-0.1, -0.05) is 18.2 Å². The van der Waals surface area contributed by atoms with E-state index in [-0.39, 0.29) is 0 Å². The lowest BCUT2D eigenvalue weighted by atomic mass is 10.1. The van der Waals surface area contributed by atoms with E-state index in [4.69, 9.17) is 0 Å². The van der Waals surface area contributed by atoms with E-state index in [9.17, 15) is 0 Å². The number of nitrogens with one attached hydrogen (secondary N) is 1. The highest BCUT2D eigenvalue weighted by Gasteiger charge is 2.18. The molecule has 0 atom stereocenters. The third kappa shape index (κ3) is 0.810. The van der Waals surface area contributed by atoms with Crippen molar-refractivity contribution in [3.63, 3.8) is 0 Å². The van der Waals surface area contributed by atoms with Crippen LogP contribution in [0.1, 0.15) is 11.3 Å². The molecule has 0 radical (unpaired) electrons. The van der Waals surface area contributed by atoms with Crippen LogP contribution in [-0.2, 0) is 20.1 Å². The van der Waals surface area contributed by atoms with E-state index in [1.54, 1.807) is 0 Å². The highest BCUT2D eigenvalue weighted by molar-refractivity contribution is 5.85. The quantitative estimate of drug-likeness (QED) is 0.641. The summed E-state index contributed by atoms with van der Waals surface area (Å²) < 4.78 is 2.30. The first-order valence-corrected chi connectivity index (χ1v) is 4.64. The molecule has 1 aromatic heterocycles. The summed E-state index contributed by atoms with van der Waals surface area (Å²) in [6.07, 6.45) is 0. The van der Waals surface area contributed by atoms with Gasteiger partial charge in [0.25, 0.3) is 0 Å². The Bertz CT molecular complexity index is 468. The number of hydrogen-bond acceptors (Lipinski definition) is 1. The van der Waals surface area contributed by atoms with Crippen LogP contribution in [0, 0.1) is 0 Å². The van der Waals surface area contributed by atoms with Gasteiger partial charge in [-0.05, 0) is 11.6 Å². The van der Waals surface area contributed by atoms with E-state index in [0.29, 0.717) is 0 Å². The van der Waals surface area contributed by atoms with Gasteiger partial charge < -0.3 is 9.88 Å². The molecule has 0 saturated carbocycles. The van der Waals surface area contributed by atoms with Crippen LogP contribution in [0.25, 0.3) is 10.9 Å². The fraction of sp³-hybridized carbons (Fsp3) is 0.273. The van der Waals surface area contributed by atoms with Crippen molar-refractivity contribution in [1.82, 2.24) is 9.88 Å². The number of benzene rings is 1. The van der Waals surface area contributed by atoms with Crippen LogP contribution in [0.4, 0.5) is 0 Å². The fourth-order valence-corrected chi connectivity index (χ4v) is 2.25. The molecule has 1 aromatic carbocycles. The molecule has 0 aliphatic carbocycles. The number of aryl methyl sites for hydroxylation is 1. The maximum Gasteiger partial charge on any atom is 0.0483 e. The predicted molar refractivity (Wildman–Crippen MR) is 53.5 cm³/mol. The smallest absolute Gasteiger partial charge is 0.0483 e. The van der Waals surface area contributed by atoms with Gasteiger partial charge in [0, 0.05) is 36.7 Å². The minimum atomic E-state index is 1.01. The molecule has 0 amide bonds.